The summed E-state index contributed by atoms with van der Waals surface area (Å²) in [5.41, 5.74) is 0.812. The van der Waals surface area contributed by atoms with Crippen LogP contribution in [0.5, 0.6) is 0 Å². The van der Waals surface area contributed by atoms with Gasteiger partial charge in [0.25, 0.3) is 0 Å². The molecule has 28 heavy (non-hydrogen) atoms. The van der Waals surface area contributed by atoms with Crippen LogP contribution in [0.25, 0.3) is 0 Å². The van der Waals surface area contributed by atoms with Gasteiger partial charge in [-0.2, -0.15) is 0 Å². The highest BCUT2D eigenvalue weighted by Crippen LogP contribution is 2.37. The predicted molar refractivity (Wildman–Crippen MR) is 111 cm³/mol. The molecule has 2 N–H and O–H groups in total. The van der Waals surface area contributed by atoms with Gasteiger partial charge in [0.15, 0.2) is 0 Å². The summed E-state index contributed by atoms with van der Waals surface area (Å²) in [4.78, 5) is 23.8. The molecule has 0 aromatic heterocycles. The van der Waals surface area contributed by atoms with Gasteiger partial charge in [-0.25, -0.2) is 4.21 Å². The molecule has 6 nitrogen and oxygen atoms in total. The van der Waals surface area contributed by atoms with E-state index in [0.717, 1.165) is 11.1 Å². The monoisotopic (exact) mass is 408 g/mol. The van der Waals surface area contributed by atoms with Crippen LogP contribution >= 0.6 is 0 Å². The molecule has 156 valence electrons. The first kappa shape index (κ1) is 22.6. The topological polar surface area (TPSA) is 86.7 Å². The van der Waals surface area contributed by atoms with E-state index in [9.17, 15) is 18.9 Å². The lowest BCUT2D eigenvalue weighted by molar-refractivity contribution is -0.128. The number of carbonyl (C=O) groups excluding carboxylic acids is 2. The Morgan fingerprint density at radius 1 is 1.21 bits per heavy atom. The summed E-state index contributed by atoms with van der Waals surface area (Å²) in [5.74, 6) is -0.115. The minimum absolute atomic E-state index is 0.0298. The second-order valence-electron chi connectivity index (χ2n) is 8.23. The van der Waals surface area contributed by atoms with Gasteiger partial charge >= 0.3 is 0 Å². The lowest BCUT2D eigenvalue weighted by atomic mass is 9.89. The fourth-order valence-electron chi connectivity index (χ4n) is 3.74. The standard InChI is InChI=1S/C19H26N2O4S.C2H6/c1-18(2,3)21-17(24)10-15(26(21)25)14-6-4-13(5-7-14)11-19(12-22)9-8-16(23)20-19;1-2/h4-7,15,22H,8-12H2,1-3H3,(H,20,23);1-2H3. The zero-order valence-electron chi connectivity index (χ0n) is 17.4. The molecule has 3 atom stereocenters. The Hall–Kier alpha value is -1.73. The van der Waals surface area contributed by atoms with E-state index in [1.807, 2.05) is 58.9 Å². The number of carbonyl (C=O) groups is 2. The Bertz CT molecular complexity index is 742. The van der Waals surface area contributed by atoms with E-state index in [-0.39, 0.29) is 30.1 Å². The molecule has 2 amide bonds. The molecule has 2 aliphatic heterocycles. The third kappa shape index (κ3) is 4.63. The van der Waals surface area contributed by atoms with E-state index in [1.54, 1.807) is 0 Å². The second-order valence-corrected chi connectivity index (χ2v) is 9.72. The van der Waals surface area contributed by atoms with Crippen molar-refractivity contribution in [1.82, 2.24) is 9.62 Å². The average Bonchev–Trinajstić information content (AvgIpc) is 3.17. The van der Waals surface area contributed by atoms with Crippen LogP contribution in [-0.2, 0) is 27.0 Å². The van der Waals surface area contributed by atoms with E-state index in [1.165, 1.54) is 4.31 Å². The van der Waals surface area contributed by atoms with Crippen molar-refractivity contribution >= 4 is 22.8 Å². The van der Waals surface area contributed by atoms with Crippen LogP contribution in [0.4, 0.5) is 0 Å². The molecule has 3 unspecified atom stereocenters. The van der Waals surface area contributed by atoms with Gasteiger partial charge in [-0.05, 0) is 44.7 Å². The zero-order valence-corrected chi connectivity index (χ0v) is 18.3. The fraction of sp³-hybridized carbons (Fsp3) is 0.619. The maximum absolute atomic E-state index is 12.8. The Morgan fingerprint density at radius 2 is 1.82 bits per heavy atom. The Labute approximate surface area is 170 Å². The van der Waals surface area contributed by atoms with Gasteiger partial charge in [0.1, 0.15) is 11.0 Å². The van der Waals surface area contributed by atoms with Crippen molar-refractivity contribution in [3.63, 3.8) is 0 Å². The minimum atomic E-state index is -1.39. The van der Waals surface area contributed by atoms with E-state index < -0.39 is 22.1 Å². The molecule has 0 radical (unpaired) electrons. The summed E-state index contributed by atoms with van der Waals surface area (Å²) in [6, 6.07) is 7.66. The summed E-state index contributed by atoms with van der Waals surface area (Å²) < 4.78 is 14.3. The molecule has 2 aliphatic rings. The van der Waals surface area contributed by atoms with E-state index >= 15 is 0 Å². The molecule has 1 aromatic carbocycles. The normalized spacial score (nSPS) is 27.4. The largest absolute Gasteiger partial charge is 0.394 e. The number of nitrogens with zero attached hydrogens (tertiary/aromatic N) is 1. The summed E-state index contributed by atoms with van der Waals surface area (Å²) in [6.07, 6.45) is 1.85. The maximum Gasteiger partial charge on any atom is 0.236 e. The summed E-state index contributed by atoms with van der Waals surface area (Å²) >= 11 is 0. The van der Waals surface area contributed by atoms with Crippen LogP contribution in [0.2, 0.25) is 0 Å². The molecule has 7 heteroatoms. The number of aliphatic hydroxyl groups is 1. The van der Waals surface area contributed by atoms with Crippen LogP contribution in [0.15, 0.2) is 24.3 Å². The Morgan fingerprint density at radius 3 is 2.25 bits per heavy atom. The van der Waals surface area contributed by atoms with Crippen LogP contribution < -0.4 is 5.32 Å². The molecule has 0 saturated carbocycles. The minimum Gasteiger partial charge on any atom is -0.394 e. The van der Waals surface area contributed by atoms with Gasteiger partial charge in [-0.1, -0.05) is 38.1 Å². The number of nitrogens with one attached hydrogen (secondary N) is 1. The number of hydrogen-bond donors (Lipinski definition) is 2. The van der Waals surface area contributed by atoms with Crippen molar-refractivity contribution in [3.05, 3.63) is 35.4 Å². The number of benzene rings is 1. The summed E-state index contributed by atoms with van der Waals surface area (Å²) in [5, 5.41) is 12.3. The van der Waals surface area contributed by atoms with Gasteiger partial charge in [-0.3, -0.25) is 13.9 Å². The highest BCUT2D eigenvalue weighted by molar-refractivity contribution is 7.84. The molecular formula is C21H32N2O4S. The van der Waals surface area contributed by atoms with Crippen LogP contribution in [0, 0.1) is 0 Å². The van der Waals surface area contributed by atoms with Crippen molar-refractivity contribution in [2.24, 2.45) is 0 Å². The number of rotatable bonds is 4. The third-order valence-corrected chi connectivity index (χ3v) is 7.09. The van der Waals surface area contributed by atoms with Gasteiger partial charge in [0.05, 0.1) is 17.4 Å². The molecular weight excluding hydrogens is 376 g/mol. The van der Waals surface area contributed by atoms with Gasteiger partial charge in [-0.15, -0.1) is 0 Å². The first-order chi connectivity index (χ1) is 13.1. The van der Waals surface area contributed by atoms with Crippen LogP contribution in [-0.4, -0.2) is 43.1 Å². The molecule has 2 saturated heterocycles. The Balaban J connectivity index is 0.00000136. The molecule has 2 fully saturated rings. The summed E-state index contributed by atoms with van der Waals surface area (Å²) in [6.45, 7) is 9.57. The first-order valence-corrected chi connectivity index (χ1v) is 11.1. The molecule has 0 bridgehead atoms. The zero-order chi connectivity index (χ0) is 21.1. The lowest BCUT2D eigenvalue weighted by Gasteiger charge is -2.30. The second kappa shape index (κ2) is 8.74. The van der Waals surface area contributed by atoms with Crippen molar-refractivity contribution in [2.75, 3.05) is 6.61 Å². The summed E-state index contributed by atoms with van der Waals surface area (Å²) in [7, 11) is -1.39. The van der Waals surface area contributed by atoms with Crippen molar-refractivity contribution < 1.29 is 18.9 Å². The molecule has 2 heterocycles. The first-order valence-electron chi connectivity index (χ1n) is 9.90. The fourth-order valence-corrected chi connectivity index (χ4v) is 5.48. The van der Waals surface area contributed by atoms with Gasteiger partial charge in [0.2, 0.25) is 11.8 Å². The highest BCUT2D eigenvalue weighted by atomic mass is 32.2. The van der Waals surface area contributed by atoms with Crippen molar-refractivity contribution in [3.8, 4) is 0 Å². The SMILES string of the molecule is CC.CC(C)(C)N1C(=O)CC(c2ccc(CC3(CO)CCC(=O)N3)cc2)S1=O. The average molecular weight is 409 g/mol. The molecule has 1 aromatic rings. The van der Waals surface area contributed by atoms with Crippen molar-refractivity contribution in [1.29, 1.82) is 0 Å². The van der Waals surface area contributed by atoms with Crippen LogP contribution in [0.1, 0.15) is 70.3 Å². The van der Waals surface area contributed by atoms with E-state index in [4.69, 9.17) is 0 Å². The number of amides is 2. The lowest BCUT2D eigenvalue weighted by Crippen LogP contribution is -2.46. The van der Waals surface area contributed by atoms with E-state index in [0.29, 0.717) is 19.3 Å². The predicted octanol–water partition coefficient (Wildman–Crippen LogP) is 2.63. The molecule has 0 spiro atoms. The molecule has 3 rings (SSSR count). The molecule has 0 aliphatic carbocycles. The number of hydrogen-bond acceptors (Lipinski definition) is 4. The third-order valence-electron chi connectivity index (χ3n) is 5.05. The van der Waals surface area contributed by atoms with E-state index in [2.05, 4.69) is 5.32 Å². The quantitative estimate of drug-likeness (QED) is 0.802. The van der Waals surface area contributed by atoms with Crippen molar-refractivity contribution in [2.45, 2.75) is 76.6 Å². The highest BCUT2D eigenvalue weighted by Gasteiger charge is 2.44. The number of aliphatic hydroxyl groups excluding tert-OH is 1. The van der Waals surface area contributed by atoms with Gasteiger partial charge in [0, 0.05) is 18.4 Å². The van der Waals surface area contributed by atoms with Gasteiger partial charge < -0.3 is 10.4 Å². The smallest absolute Gasteiger partial charge is 0.236 e. The maximum atomic E-state index is 12.8. The Kier molecular flexibility index (Phi) is 7.04. The van der Waals surface area contributed by atoms with Crippen LogP contribution in [0.3, 0.4) is 0 Å².